The Labute approximate surface area is 132 Å². The van der Waals surface area contributed by atoms with Crippen LogP contribution in [0, 0.1) is 0 Å². The lowest BCUT2D eigenvalue weighted by atomic mass is 10.1. The molecule has 0 radical (unpaired) electrons. The first kappa shape index (κ1) is 16.4. The topological polar surface area (TPSA) is 93.1 Å². The zero-order chi connectivity index (χ0) is 16.8. The van der Waals surface area contributed by atoms with Gasteiger partial charge in [-0.05, 0) is 35.4 Å². The Morgan fingerprint density at radius 2 is 1.43 bits per heavy atom. The van der Waals surface area contributed by atoms with Gasteiger partial charge >= 0.3 is 11.9 Å². The Balaban J connectivity index is 2.20. The van der Waals surface area contributed by atoms with Crippen LogP contribution in [0.1, 0.15) is 11.1 Å². The molecule has 0 aliphatic rings. The van der Waals surface area contributed by atoms with Crippen LogP contribution in [0.2, 0.25) is 0 Å². The van der Waals surface area contributed by atoms with E-state index in [4.69, 9.17) is 19.7 Å². The molecule has 2 aromatic carbocycles. The molecule has 0 fully saturated rings. The first-order valence-corrected chi connectivity index (χ1v) is 6.85. The molecule has 0 amide bonds. The van der Waals surface area contributed by atoms with Crippen molar-refractivity contribution in [1.29, 1.82) is 0 Å². The van der Waals surface area contributed by atoms with Crippen LogP contribution in [0.25, 0.3) is 0 Å². The predicted octanol–water partition coefficient (Wildman–Crippen LogP) is 2.74. The van der Waals surface area contributed by atoms with E-state index >= 15 is 0 Å². The van der Waals surface area contributed by atoms with Gasteiger partial charge in [-0.25, -0.2) is 0 Å². The van der Waals surface area contributed by atoms with Gasteiger partial charge in [-0.2, -0.15) is 0 Å². The summed E-state index contributed by atoms with van der Waals surface area (Å²) in [6, 6.07) is 11.6. The van der Waals surface area contributed by atoms with E-state index < -0.39 is 11.9 Å². The monoisotopic (exact) mass is 316 g/mol. The Kier molecular flexibility index (Phi) is 5.19. The summed E-state index contributed by atoms with van der Waals surface area (Å²) in [6.45, 7) is 0. The van der Waals surface area contributed by atoms with Crippen LogP contribution < -0.4 is 9.47 Å². The quantitative estimate of drug-likeness (QED) is 0.816. The smallest absolute Gasteiger partial charge is 0.307 e. The highest BCUT2D eigenvalue weighted by Gasteiger charge is 2.10. The van der Waals surface area contributed by atoms with Crippen molar-refractivity contribution in [1.82, 2.24) is 0 Å². The van der Waals surface area contributed by atoms with Gasteiger partial charge in [-0.15, -0.1) is 0 Å². The van der Waals surface area contributed by atoms with Gasteiger partial charge in [0, 0.05) is 0 Å². The SMILES string of the molecule is COc1ccc(CC(=O)O)cc1Oc1ccc(CC(=O)O)cc1. The summed E-state index contributed by atoms with van der Waals surface area (Å²) in [5, 5.41) is 17.6. The molecule has 0 saturated heterocycles. The highest BCUT2D eigenvalue weighted by Crippen LogP contribution is 2.32. The first-order chi connectivity index (χ1) is 11.0. The molecule has 120 valence electrons. The molecule has 0 atom stereocenters. The number of rotatable bonds is 7. The number of hydrogen-bond acceptors (Lipinski definition) is 4. The third-order valence-corrected chi connectivity index (χ3v) is 3.09. The maximum Gasteiger partial charge on any atom is 0.307 e. The van der Waals surface area contributed by atoms with E-state index in [1.54, 1.807) is 42.5 Å². The molecule has 0 bridgehead atoms. The summed E-state index contributed by atoms with van der Waals surface area (Å²) in [5.41, 5.74) is 1.26. The van der Waals surface area contributed by atoms with Crippen LogP contribution in [0.4, 0.5) is 0 Å². The van der Waals surface area contributed by atoms with E-state index in [1.165, 1.54) is 7.11 Å². The molecule has 2 aromatic rings. The molecule has 0 aliphatic carbocycles. The summed E-state index contributed by atoms with van der Waals surface area (Å²) >= 11 is 0. The van der Waals surface area contributed by atoms with E-state index in [2.05, 4.69) is 0 Å². The lowest BCUT2D eigenvalue weighted by Crippen LogP contribution is -2.01. The Bertz CT molecular complexity index is 706. The minimum atomic E-state index is -0.931. The van der Waals surface area contributed by atoms with Gasteiger partial charge in [0.15, 0.2) is 11.5 Å². The van der Waals surface area contributed by atoms with E-state index in [-0.39, 0.29) is 12.8 Å². The highest BCUT2D eigenvalue weighted by atomic mass is 16.5. The fourth-order valence-electron chi connectivity index (χ4n) is 2.06. The van der Waals surface area contributed by atoms with Crippen molar-refractivity contribution in [2.75, 3.05) is 7.11 Å². The molecule has 0 aromatic heterocycles. The number of carboxylic acid groups (broad SMARTS) is 2. The average Bonchev–Trinajstić information content (AvgIpc) is 2.48. The summed E-state index contributed by atoms with van der Waals surface area (Å²) in [7, 11) is 1.50. The van der Waals surface area contributed by atoms with Crippen molar-refractivity contribution in [2.45, 2.75) is 12.8 Å². The van der Waals surface area contributed by atoms with Crippen molar-refractivity contribution in [3.63, 3.8) is 0 Å². The fourth-order valence-corrected chi connectivity index (χ4v) is 2.06. The fraction of sp³-hybridized carbons (Fsp3) is 0.176. The van der Waals surface area contributed by atoms with Crippen LogP contribution in [-0.2, 0) is 22.4 Å². The first-order valence-electron chi connectivity index (χ1n) is 6.85. The van der Waals surface area contributed by atoms with Crippen LogP contribution in [0.5, 0.6) is 17.2 Å². The summed E-state index contributed by atoms with van der Waals surface area (Å²) in [5.74, 6) is -0.447. The molecule has 23 heavy (non-hydrogen) atoms. The van der Waals surface area contributed by atoms with Gasteiger partial charge in [-0.1, -0.05) is 18.2 Å². The van der Waals surface area contributed by atoms with Crippen LogP contribution in [0.15, 0.2) is 42.5 Å². The maximum absolute atomic E-state index is 10.8. The number of hydrogen-bond donors (Lipinski definition) is 2. The van der Waals surface area contributed by atoms with Crippen LogP contribution >= 0.6 is 0 Å². The second-order valence-electron chi connectivity index (χ2n) is 4.87. The lowest BCUT2D eigenvalue weighted by molar-refractivity contribution is -0.137. The minimum Gasteiger partial charge on any atom is -0.493 e. The van der Waals surface area contributed by atoms with Crippen molar-refractivity contribution < 1.29 is 29.3 Å². The molecule has 0 unspecified atom stereocenters. The number of carbonyl (C=O) groups is 2. The second kappa shape index (κ2) is 7.31. The molecule has 0 saturated carbocycles. The number of benzene rings is 2. The summed E-state index contributed by atoms with van der Waals surface area (Å²) in [4.78, 5) is 21.5. The normalized spacial score (nSPS) is 10.1. The van der Waals surface area contributed by atoms with Crippen molar-refractivity contribution in [2.24, 2.45) is 0 Å². The third-order valence-electron chi connectivity index (χ3n) is 3.09. The highest BCUT2D eigenvalue weighted by molar-refractivity contribution is 5.71. The molecule has 6 nitrogen and oxygen atoms in total. The molecule has 2 rings (SSSR count). The number of ether oxygens (including phenoxy) is 2. The van der Waals surface area contributed by atoms with Crippen molar-refractivity contribution in [3.05, 3.63) is 53.6 Å². The van der Waals surface area contributed by atoms with E-state index in [0.717, 1.165) is 0 Å². The predicted molar refractivity (Wildman–Crippen MR) is 82.2 cm³/mol. The van der Waals surface area contributed by atoms with Crippen molar-refractivity contribution in [3.8, 4) is 17.2 Å². The number of aliphatic carboxylic acids is 2. The Morgan fingerprint density at radius 3 is 2.00 bits per heavy atom. The summed E-state index contributed by atoms with van der Waals surface area (Å²) in [6.07, 6.45) is -0.171. The van der Waals surface area contributed by atoms with E-state index in [0.29, 0.717) is 28.4 Å². The van der Waals surface area contributed by atoms with Crippen LogP contribution in [0.3, 0.4) is 0 Å². The van der Waals surface area contributed by atoms with Gasteiger partial charge in [0.25, 0.3) is 0 Å². The van der Waals surface area contributed by atoms with Gasteiger partial charge in [-0.3, -0.25) is 9.59 Å². The molecule has 0 heterocycles. The maximum atomic E-state index is 10.8. The molecular formula is C17H16O6. The van der Waals surface area contributed by atoms with Gasteiger partial charge in [0.1, 0.15) is 5.75 Å². The number of methoxy groups -OCH3 is 1. The standard InChI is InChI=1S/C17H16O6/c1-22-14-7-4-12(10-17(20)21)8-15(14)23-13-5-2-11(3-6-13)9-16(18)19/h2-8H,9-10H2,1H3,(H,18,19)(H,20,21). The Hall–Kier alpha value is -3.02. The second-order valence-corrected chi connectivity index (χ2v) is 4.87. The van der Waals surface area contributed by atoms with Crippen molar-refractivity contribution >= 4 is 11.9 Å². The zero-order valence-corrected chi connectivity index (χ0v) is 12.5. The van der Waals surface area contributed by atoms with E-state index in [9.17, 15) is 9.59 Å². The van der Waals surface area contributed by atoms with Gasteiger partial charge < -0.3 is 19.7 Å². The largest absolute Gasteiger partial charge is 0.493 e. The molecule has 0 spiro atoms. The lowest BCUT2D eigenvalue weighted by Gasteiger charge is -2.12. The zero-order valence-electron chi connectivity index (χ0n) is 12.5. The number of carboxylic acids is 2. The summed E-state index contributed by atoms with van der Waals surface area (Å²) < 4.78 is 10.9. The van der Waals surface area contributed by atoms with Gasteiger partial charge in [0.05, 0.1) is 20.0 Å². The molecular weight excluding hydrogens is 300 g/mol. The molecule has 6 heteroatoms. The molecule has 2 N–H and O–H groups in total. The third kappa shape index (κ3) is 4.74. The van der Waals surface area contributed by atoms with Crippen LogP contribution in [-0.4, -0.2) is 29.3 Å². The van der Waals surface area contributed by atoms with Gasteiger partial charge in [0.2, 0.25) is 0 Å². The minimum absolute atomic E-state index is 0.0578. The Morgan fingerprint density at radius 1 is 0.870 bits per heavy atom. The van der Waals surface area contributed by atoms with E-state index in [1.807, 2.05) is 0 Å². The average molecular weight is 316 g/mol. The molecule has 0 aliphatic heterocycles.